The van der Waals surface area contributed by atoms with E-state index in [-0.39, 0.29) is 24.2 Å². The molecule has 1 N–H and O–H groups in total. The molecular formula is C19H20FNO3. The lowest BCUT2D eigenvalue weighted by molar-refractivity contribution is 0.0595. The molecule has 0 bridgehead atoms. The molecule has 0 unspecified atom stereocenters. The van der Waals surface area contributed by atoms with E-state index < -0.39 is 5.82 Å². The topological polar surface area (TPSA) is 49.8 Å². The van der Waals surface area contributed by atoms with Gasteiger partial charge in [-0.3, -0.25) is 4.79 Å². The first-order chi connectivity index (χ1) is 11.7. The molecule has 3 rings (SSSR count). The van der Waals surface area contributed by atoms with Gasteiger partial charge in [0, 0.05) is 37.1 Å². The number of halogens is 1. The second-order valence-electron chi connectivity index (χ2n) is 5.89. The van der Waals surface area contributed by atoms with Crippen molar-refractivity contribution < 1.29 is 19.0 Å². The van der Waals surface area contributed by atoms with Gasteiger partial charge in [0.05, 0.1) is 6.61 Å². The zero-order valence-electron chi connectivity index (χ0n) is 13.3. The highest BCUT2D eigenvalue weighted by Gasteiger charge is 2.25. The maximum absolute atomic E-state index is 13.7. The van der Waals surface area contributed by atoms with Gasteiger partial charge in [0.1, 0.15) is 17.7 Å². The number of carbonyl (C=O) groups excluding carboxylic acids is 1. The van der Waals surface area contributed by atoms with Crippen molar-refractivity contribution in [3.63, 3.8) is 0 Å². The first kappa shape index (κ1) is 16.5. The Morgan fingerprint density at radius 1 is 1.17 bits per heavy atom. The third-order valence-corrected chi connectivity index (χ3v) is 4.25. The monoisotopic (exact) mass is 329 g/mol. The van der Waals surface area contributed by atoms with E-state index in [0.29, 0.717) is 18.7 Å². The Kier molecular flexibility index (Phi) is 5.11. The molecular weight excluding hydrogens is 309 g/mol. The Morgan fingerprint density at radius 3 is 2.50 bits per heavy atom. The first-order valence-corrected chi connectivity index (χ1v) is 8.07. The van der Waals surface area contributed by atoms with Gasteiger partial charge in [-0.15, -0.1) is 0 Å². The highest BCUT2D eigenvalue weighted by molar-refractivity contribution is 5.94. The molecule has 1 amide bonds. The van der Waals surface area contributed by atoms with Crippen LogP contribution in [0.25, 0.3) is 0 Å². The third kappa shape index (κ3) is 3.74. The minimum absolute atomic E-state index is 0.0879. The van der Waals surface area contributed by atoms with E-state index in [1.54, 1.807) is 11.0 Å². The van der Waals surface area contributed by atoms with Crippen LogP contribution in [0, 0.1) is 5.82 Å². The van der Waals surface area contributed by atoms with Gasteiger partial charge in [-0.2, -0.15) is 0 Å². The number of amides is 1. The molecule has 0 saturated carbocycles. The van der Waals surface area contributed by atoms with Gasteiger partial charge in [-0.1, -0.05) is 24.3 Å². The van der Waals surface area contributed by atoms with Crippen LogP contribution in [0.4, 0.5) is 4.39 Å². The van der Waals surface area contributed by atoms with E-state index in [2.05, 4.69) is 0 Å². The molecule has 5 heteroatoms. The fourth-order valence-electron chi connectivity index (χ4n) is 2.86. The summed E-state index contributed by atoms with van der Waals surface area (Å²) < 4.78 is 19.6. The molecule has 4 nitrogen and oxygen atoms in total. The van der Waals surface area contributed by atoms with Crippen molar-refractivity contribution in [3.8, 4) is 5.75 Å². The predicted octanol–water partition coefficient (Wildman–Crippen LogP) is 3.00. The molecule has 0 atom stereocenters. The molecule has 1 saturated heterocycles. The Bertz CT molecular complexity index is 697. The van der Waals surface area contributed by atoms with E-state index >= 15 is 0 Å². The number of carbonyl (C=O) groups is 1. The second kappa shape index (κ2) is 7.45. The number of aliphatic hydroxyl groups excluding tert-OH is 1. The van der Waals surface area contributed by atoms with Gasteiger partial charge in [0.15, 0.2) is 0 Å². The minimum Gasteiger partial charge on any atom is -0.490 e. The summed E-state index contributed by atoms with van der Waals surface area (Å²) in [6.07, 6.45) is 1.58. The maximum atomic E-state index is 13.7. The Morgan fingerprint density at radius 2 is 1.88 bits per heavy atom. The van der Waals surface area contributed by atoms with E-state index in [1.165, 1.54) is 12.1 Å². The number of benzene rings is 2. The molecule has 1 aliphatic heterocycles. The fraction of sp³-hybridized carbons (Fsp3) is 0.316. The molecule has 0 radical (unpaired) electrons. The van der Waals surface area contributed by atoms with Crippen LogP contribution in [0.15, 0.2) is 48.5 Å². The molecule has 1 heterocycles. The zero-order valence-corrected chi connectivity index (χ0v) is 13.3. The van der Waals surface area contributed by atoms with Gasteiger partial charge in [-0.25, -0.2) is 4.39 Å². The van der Waals surface area contributed by atoms with Crippen LogP contribution in [-0.4, -0.2) is 35.1 Å². The van der Waals surface area contributed by atoms with Crippen LogP contribution in [0.3, 0.4) is 0 Å². The summed E-state index contributed by atoms with van der Waals surface area (Å²) in [5.41, 5.74) is 0.508. The Hall–Kier alpha value is -2.40. The van der Waals surface area contributed by atoms with E-state index in [0.717, 1.165) is 18.6 Å². The molecule has 126 valence electrons. The summed E-state index contributed by atoms with van der Waals surface area (Å²) in [6.45, 7) is 0.794. The molecule has 0 aliphatic carbocycles. The molecule has 2 aromatic carbocycles. The van der Waals surface area contributed by atoms with Crippen molar-refractivity contribution >= 4 is 5.91 Å². The quantitative estimate of drug-likeness (QED) is 0.938. The fourth-order valence-corrected chi connectivity index (χ4v) is 2.86. The molecule has 2 aromatic rings. The summed E-state index contributed by atoms with van der Waals surface area (Å²) in [6, 6.07) is 13.8. The summed E-state index contributed by atoms with van der Waals surface area (Å²) in [7, 11) is 0. The van der Waals surface area contributed by atoms with Crippen LogP contribution < -0.4 is 4.74 Å². The van der Waals surface area contributed by atoms with Crippen molar-refractivity contribution in [2.45, 2.75) is 25.6 Å². The smallest absolute Gasteiger partial charge is 0.253 e. The first-order valence-electron chi connectivity index (χ1n) is 8.07. The van der Waals surface area contributed by atoms with Crippen molar-refractivity contribution in [1.82, 2.24) is 4.90 Å². The average Bonchev–Trinajstić information content (AvgIpc) is 2.62. The van der Waals surface area contributed by atoms with Crippen molar-refractivity contribution in [2.75, 3.05) is 13.1 Å². The number of likely N-dealkylation sites (tertiary alicyclic amines) is 1. The molecule has 0 aromatic heterocycles. The number of aliphatic hydroxyl groups is 1. The normalized spacial score (nSPS) is 15.3. The van der Waals surface area contributed by atoms with Crippen molar-refractivity contribution in [3.05, 3.63) is 65.5 Å². The number of para-hydroxylation sites is 1. The summed E-state index contributed by atoms with van der Waals surface area (Å²) in [4.78, 5) is 14.2. The zero-order chi connectivity index (χ0) is 16.9. The van der Waals surface area contributed by atoms with Crippen molar-refractivity contribution in [2.24, 2.45) is 0 Å². The summed E-state index contributed by atoms with van der Waals surface area (Å²) >= 11 is 0. The second-order valence-corrected chi connectivity index (χ2v) is 5.89. The largest absolute Gasteiger partial charge is 0.490 e. The van der Waals surface area contributed by atoms with E-state index in [4.69, 9.17) is 9.84 Å². The van der Waals surface area contributed by atoms with Crippen LogP contribution >= 0.6 is 0 Å². The average molecular weight is 329 g/mol. The van der Waals surface area contributed by atoms with Gasteiger partial charge in [0.25, 0.3) is 5.91 Å². The number of piperidine rings is 1. The van der Waals surface area contributed by atoms with Gasteiger partial charge < -0.3 is 14.7 Å². The highest BCUT2D eigenvalue weighted by Crippen LogP contribution is 2.20. The molecule has 1 aliphatic rings. The minimum atomic E-state index is -0.550. The van der Waals surface area contributed by atoms with E-state index in [9.17, 15) is 9.18 Å². The number of rotatable bonds is 4. The Balaban J connectivity index is 1.58. The molecule has 1 fully saturated rings. The molecule has 0 spiro atoms. The molecule has 24 heavy (non-hydrogen) atoms. The van der Waals surface area contributed by atoms with Crippen LogP contribution in [0.2, 0.25) is 0 Å². The summed E-state index contributed by atoms with van der Waals surface area (Å²) in [5, 5.41) is 9.00. The van der Waals surface area contributed by atoms with E-state index in [1.807, 2.05) is 30.3 Å². The highest BCUT2D eigenvalue weighted by atomic mass is 19.1. The summed E-state index contributed by atoms with van der Waals surface area (Å²) in [5.74, 6) is 0.103. The number of nitrogens with zero attached hydrogens (tertiary/aromatic N) is 1. The third-order valence-electron chi connectivity index (χ3n) is 4.25. The maximum Gasteiger partial charge on any atom is 0.253 e. The van der Waals surface area contributed by atoms with Gasteiger partial charge in [0.2, 0.25) is 0 Å². The Labute approximate surface area is 140 Å². The lowest BCUT2D eigenvalue weighted by Gasteiger charge is -2.32. The number of hydrogen-bond acceptors (Lipinski definition) is 3. The predicted molar refractivity (Wildman–Crippen MR) is 88.3 cm³/mol. The van der Waals surface area contributed by atoms with Crippen molar-refractivity contribution in [1.29, 1.82) is 0 Å². The van der Waals surface area contributed by atoms with Crippen LogP contribution in [0.1, 0.15) is 28.8 Å². The SMILES string of the molecule is O=C(c1ccc(CO)c(F)c1)N1CCC(Oc2ccccc2)CC1. The lowest BCUT2D eigenvalue weighted by Crippen LogP contribution is -2.41. The van der Waals surface area contributed by atoms with Gasteiger partial charge >= 0.3 is 0 Å². The van der Waals surface area contributed by atoms with Crippen LogP contribution in [0.5, 0.6) is 5.75 Å². The van der Waals surface area contributed by atoms with Gasteiger partial charge in [-0.05, 0) is 24.3 Å². The lowest BCUT2D eigenvalue weighted by atomic mass is 10.1. The van der Waals surface area contributed by atoms with Crippen LogP contribution in [-0.2, 0) is 6.61 Å². The number of hydrogen-bond donors (Lipinski definition) is 1. The number of ether oxygens (including phenoxy) is 1. The standard InChI is InChI=1S/C19H20FNO3/c20-18-12-14(6-7-15(18)13-22)19(23)21-10-8-17(9-11-21)24-16-4-2-1-3-5-16/h1-7,12,17,22H,8-11,13H2.